The molecule has 0 atom stereocenters. The van der Waals surface area contributed by atoms with Gasteiger partial charge in [0.15, 0.2) is 0 Å². The van der Waals surface area contributed by atoms with Crippen molar-refractivity contribution in [3.63, 3.8) is 0 Å². The average Bonchev–Trinajstić information content (AvgIpc) is 3.16. The second-order valence-corrected chi connectivity index (χ2v) is 14.1. The molecule has 0 saturated carbocycles. The van der Waals surface area contributed by atoms with Crippen molar-refractivity contribution >= 4 is 23.9 Å². The molecule has 0 aromatic heterocycles. The molecule has 0 radical (unpaired) electrons. The van der Waals surface area contributed by atoms with Crippen molar-refractivity contribution in [1.82, 2.24) is 0 Å². The van der Waals surface area contributed by atoms with Crippen molar-refractivity contribution < 1.29 is 61.8 Å². The van der Waals surface area contributed by atoms with Gasteiger partial charge in [-0.05, 0) is 64.2 Å². The van der Waals surface area contributed by atoms with Gasteiger partial charge in [0, 0.05) is 80.6 Å². The maximum absolute atomic E-state index is 12.7. The van der Waals surface area contributed by atoms with Crippen LogP contribution in [-0.4, -0.2) is 118 Å². The third-order valence-electron chi connectivity index (χ3n) is 9.39. The Hall–Kier alpha value is -2.32. The molecule has 0 spiro atoms. The lowest BCUT2D eigenvalue weighted by Crippen LogP contribution is -2.42. The minimum atomic E-state index is -0.811. The molecule has 0 bridgehead atoms. The fraction of sp³-hybridized carbons (Fsp3) is 0.900. The summed E-state index contributed by atoms with van der Waals surface area (Å²) in [4.78, 5) is 50.9. The van der Waals surface area contributed by atoms with Gasteiger partial charge in [-0.25, -0.2) is 0 Å². The molecule has 0 aromatic rings. The zero-order valence-electron chi connectivity index (χ0n) is 34.1. The van der Waals surface area contributed by atoms with Crippen LogP contribution in [0.5, 0.6) is 0 Å². The van der Waals surface area contributed by atoms with Gasteiger partial charge in [-0.15, -0.1) is 0 Å². The zero-order chi connectivity index (χ0) is 39.5. The van der Waals surface area contributed by atoms with Gasteiger partial charge < -0.3 is 42.6 Å². The van der Waals surface area contributed by atoms with Gasteiger partial charge >= 0.3 is 23.9 Å². The SMILES string of the molecule is CCC(COCC(CC)(COC(=O)CCCCCOC)COC(=O)CCCCCOC)(COC(=O)CCCCCOC)COC(=O)CCCCCOC. The highest BCUT2D eigenvalue weighted by molar-refractivity contribution is 5.70. The number of unbranched alkanes of at least 4 members (excludes halogenated alkanes) is 8. The summed E-state index contributed by atoms with van der Waals surface area (Å²) in [6, 6.07) is 0. The number of carbonyl (C=O) groups is 4. The Balaban J connectivity index is 5.69. The van der Waals surface area contributed by atoms with E-state index in [4.69, 9.17) is 42.6 Å². The average molecular weight is 763 g/mol. The van der Waals surface area contributed by atoms with Gasteiger partial charge in [-0.2, -0.15) is 0 Å². The molecule has 13 nitrogen and oxygen atoms in total. The van der Waals surface area contributed by atoms with E-state index in [1.807, 2.05) is 13.8 Å². The maximum atomic E-state index is 12.7. The van der Waals surface area contributed by atoms with Gasteiger partial charge in [0.1, 0.15) is 26.4 Å². The summed E-state index contributed by atoms with van der Waals surface area (Å²) in [5, 5.41) is 0. The third kappa shape index (κ3) is 27.9. The maximum Gasteiger partial charge on any atom is 0.305 e. The summed E-state index contributed by atoms with van der Waals surface area (Å²) in [6.07, 6.45) is 11.7. The first kappa shape index (κ1) is 50.7. The van der Waals surface area contributed by atoms with E-state index in [-0.39, 0.29) is 89.2 Å². The van der Waals surface area contributed by atoms with Crippen LogP contribution in [-0.2, 0) is 61.8 Å². The topological polar surface area (TPSA) is 151 Å². The molecule has 312 valence electrons. The summed E-state index contributed by atoms with van der Waals surface area (Å²) in [5.41, 5.74) is -1.62. The number of carbonyl (C=O) groups excluding carboxylic acids is 4. The molecule has 0 heterocycles. The van der Waals surface area contributed by atoms with Gasteiger partial charge in [0.05, 0.1) is 24.0 Å². The van der Waals surface area contributed by atoms with E-state index in [1.165, 1.54) is 0 Å². The second kappa shape index (κ2) is 34.2. The smallest absolute Gasteiger partial charge is 0.305 e. The first-order valence-corrected chi connectivity index (χ1v) is 19.8. The van der Waals surface area contributed by atoms with Gasteiger partial charge in [-0.1, -0.05) is 39.5 Å². The third-order valence-corrected chi connectivity index (χ3v) is 9.39. The predicted octanol–water partition coefficient (Wildman–Crippen LogP) is 6.80. The minimum Gasteiger partial charge on any atom is -0.465 e. The Morgan fingerprint density at radius 1 is 0.358 bits per heavy atom. The van der Waals surface area contributed by atoms with Gasteiger partial charge in [0.25, 0.3) is 0 Å². The van der Waals surface area contributed by atoms with Crippen molar-refractivity contribution in [1.29, 1.82) is 0 Å². The van der Waals surface area contributed by atoms with Crippen LogP contribution in [0, 0.1) is 10.8 Å². The molecular weight excluding hydrogens is 688 g/mol. The highest BCUT2D eigenvalue weighted by Crippen LogP contribution is 2.29. The molecule has 0 saturated heterocycles. The van der Waals surface area contributed by atoms with Crippen molar-refractivity contribution in [2.24, 2.45) is 10.8 Å². The Morgan fingerprint density at radius 2 is 0.604 bits per heavy atom. The highest BCUT2D eigenvalue weighted by Gasteiger charge is 2.37. The predicted molar refractivity (Wildman–Crippen MR) is 201 cm³/mol. The molecule has 0 aliphatic rings. The zero-order valence-corrected chi connectivity index (χ0v) is 34.1. The Morgan fingerprint density at radius 3 is 0.811 bits per heavy atom. The fourth-order valence-corrected chi connectivity index (χ4v) is 5.34. The van der Waals surface area contributed by atoms with Gasteiger partial charge in [-0.3, -0.25) is 19.2 Å². The summed E-state index contributed by atoms with van der Waals surface area (Å²) < 4.78 is 49.7. The molecule has 0 aliphatic carbocycles. The van der Waals surface area contributed by atoms with Crippen molar-refractivity contribution in [2.45, 2.75) is 129 Å². The van der Waals surface area contributed by atoms with Crippen molar-refractivity contribution in [3.05, 3.63) is 0 Å². The van der Waals surface area contributed by atoms with Crippen LogP contribution in [0.15, 0.2) is 0 Å². The summed E-state index contributed by atoms with van der Waals surface area (Å²) in [5.74, 6) is -1.29. The van der Waals surface area contributed by atoms with Crippen LogP contribution in [0.3, 0.4) is 0 Å². The van der Waals surface area contributed by atoms with E-state index in [0.717, 1.165) is 51.4 Å². The minimum absolute atomic E-state index is 0.0107. The first-order valence-electron chi connectivity index (χ1n) is 19.8. The lowest BCUT2D eigenvalue weighted by Gasteiger charge is -2.35. The van der Waals surface area contributed by atoms with E-state index in [2.05, 4.69) is 0 Å². The summed E-state index contributed by atoms with van der Waals surface area (Å²) in [7, 11) is 6.61. The fourth-order valence-electron chi connectivity index (χ4n) is 5.34. The van der Waals surface area contributed by atoms with E-state index >= 15 is 0 Å². The van der Waals surface area contributed by atoms with Crippen LogP contribution >= 0.6 is 0 Å². The summed E-state index contributed by atoms with van der Waals surface area (Å²) >= 11 is 0. The van der Waals surface area contributed by atoms with Crippen molar-refractivity contribution in [2.75, 3.05) is 94.5 Å². The lowest BCUT2D eigenvalue weighted by atomic mass is 9.86. The van der Waals surface area contributed by atoms with Crippen LogP contribution in [0.2, 0.25) is 0 Å². The highest BCUT2D eigenvalue weighted by atomic mass is 16.6. The number of rotatable bonds is 38. The van der Waals surface area contributed by atoms with E-state index in [1.54, 1.807) is 28.4 Å². The largest absolute Gasteiger partial charge is 0.465 e. The molecule has 0 fully saturated rings. The summed E-state index contributed by atoms with van der Waals surface area (Å²) in [6.45, 7) is 6.71. The molecular formula is C40H74O13. The molecule has 13 heteroatoms. The Bertz CT molecular complexity index is 794. The molecule has 53 heavy (non-hydrogen) atoms. The van der Waals surface area contributed by atoms with E-state index < -0.39 is 10.8 Å². The first-order chi connectivity index (χ1) is 25.6. The van der Waals surface area contributed by atoms with Crippen molar-refractivity contribution in [3.8, 4) is 0 Å². The second-order valence-electron chi connectivity index (χ2n) is 14.1. The van der Waals surface area contributed by atoms with E-state index in [9.17, 15) is 19.2 Å². The molecule has 0 aliphatic heterocycles. The molecule has 0 rings (SSSR count). The number of hydrogen-bond donors (Lipinski definition) is 0. The molecule has 0 N–H and O–H groups in total. The Kier molecular flexibility index (Phi) is 32.7. The van der Waals surface area contributed by atoms with E-state index in [0.29, 0.717) is 65.0 Å². The number of hydrogen-bond acceptors (Lipinski definition) is 13. The quantitative estimate of drug-likeness (QED) is 0.0369. The number of esters is 4. The van der Waals surface area contributed by atoms with Crippen LogP contribution in [0.1, 0.15) is 129 Å². The monoisotopic (exact) mass is 763 g/mol. The molecule has 0 aromatic carbocycles. The number of ether oxygens (including phenoxy) is 9. The lowest BCUT2D eigenvalue weighted by molar-refractivity contribution is -0.163. The molecule has 0 unspecified atom stereocenters. The van der Waals surface area contributed by atoms with Gasteiger partial charge in [0.2, 0.25) is 0 Å². The van der Waals surface area contributed by atoms with Crippen LogP contribution in [0.4, 0.5) is 0 Å². The Labute approximate surface area is 320 Å². The normalized spacial score (nSPS) is 11.7. The molecule has 0 amide bonds. The number of methoxy groups -OCH3 is 4. The standard InChI is InChI=1S/C40H74O13/c1-7-39(31-50-35(41)21-13-9-17-25-45-3,32-51-36(42)22-14-10-18-26-46-4)29-49-30-40(8-2,33-52-37(43)23-15-11-19-27-47-5)34-53-38(44)24-16-12-20-28-48-6/h7-34H2,1-6H3. The van der Waals surface area contributed by atoms with Crippen LogP contribution in [0.25, 0.3) is 0 Å². The van der Waals surface area contributed by atoms with Crippen LogP contribution < -0.4 is 0 Å².